The Morgan fingerprint density at radius 2 is 1.82 bits per heavy atom. The fourth-order valence-corrected chi connectivity index (χ4v) is 4.12. The van der Waals surface area contributed by atoms with Crippen LogP contribution in [0.1, 0.15) is 30.1 Å². The second kappa shape index (κ2) is 8.65. The lowest BCUT2D eigenvalue weighted by Crippen LogP contribution is -2.49. The van der Waals surface area contributed by atoms with E-state index >= 15 is 0 Å². The Balaban J connectivity index is 1.35. The number of aryl methyl sites for hydroxylation is 1. The molecule has 2 aliphatic heterocycles. The molecule has 5 nitrogen and oxygen atoms in total. The molecule has 0 N–H and O–H groups in total. The molecule has 4 rings (SSSR count). The van der Waals surface area contributed by atoms with Crippen molar-refractivity contribution >= 4 is 11.6 Å². The molecule has 2 heterocycles. The van der Waals surface area contributed by atoms with Gasteiger partial charge in [0.25, 0.3) is 0 Å². The zero-order chi connectivity index (χ0) is 19.3. The first-order valence-electron chi connectivity index (χ1n) is 10.1. The number of anilines is 1. The molecule has 0 saturated carbocycles. The highest BCUT2D eigenvalue weighted by Crippen LogP contribution is 2.30. The van der Waals surface area contributed by atoms with E-state index in [0.29, 0.717) is 6.42 Å². The first kappa shape index (κ1) is 18.8. The third kappa shape index (κ3) is 4.14. The maximum absolute atomic E-state index is 12.9. The maximum Gasteiger partial charge on any atom is 0.225 e. The molecule has 1 unspecified atom stereocenters. The van der Waals surface area contributed by atoms with Crippen LogP contribution < -0.4 is 9.64 Å². The monoisotopic (exact) mass is 380 g/mol. The Kier molecular flexibility index (Phi) is 5.81. The number of methoxy groups -OCH3 is 1. The summed E-state index contributed by atoms with van der Waals surface area (Å²) >= 11 is 0. The Bertz CT molecular complexity index is 798. The van der Waals surface area contributed by atoms with Gasteiger partial charge in [0, 0.05) is 38.5 Å². The van der Waals surface area contributed by atoms with Crippen LogP contribution in [0.3, 0.4) is 0 Å². The Morgan fingerprint density at radius 3 is 2.57 bits per heavy atom. The quantitative estimate of drug-likeness (QED) is 0.815. The molecule has 0 spiro atoms. The van der Waals surface area contributed by atoms with Gasteiger partial charge in [-0.3, -0.25) is 4.79 Å². The zero-order valence-electron chi connectivity index (χ0n) is 16.5. The lowest BCUT2D eigenvalue weighted by Gasteiger charge is -2.36. The fraction of sp³-hybridized carbons (Fsp3) is 0.435. The van der Waals surface area contributed by atoms with E-state index in [0.717, 1.165) is 51.4 Å². The minimum absolute atomic E-state index is 0.120. The van der Waals surface area contributed by atoms with E-state index in [1.165, 1.54) is 16.8 Å². The molecule has 1 fully saturated rings. The fourth-order valence-electron chi connectivity index (χ4n) is 4.12. The average molecular weight is 380 g/mol. The molecule has 148 valence electrons. The normalized spacial score (nSPS) is 19.7. The van der Waals surface area contributed by atoms with Crippen LogP contribution in [-0.4, -0.2) is 50.7 Å². The van der Waals surface area contributed by atoms with Gasteiger partial charge in [-0.1, -0.05) is 24.3 Å². The SMILES string of the molecule is COc1ccc(N2CCN(C(=O)CC3OCCCc4ccccc43)CC2)cc1. The Morgan fingerprint density at radius 1 is 1.07 bits per heavy atom. The lowest BCUT2D eigenvalue weighted by molar-refractivity contribution is -0.134. The summed E-state index contributed by atoms with van der Waals surface area (Å²) in [6.45, 7) is 3.91. The number of fused-ring (bicyclic) bond motifs is 1. The third-order valence-corrected chi connectivity index (χ3v) is 5.74. The summed E-state index contributed by atoms with van der Waals surface area (Å²) in [6.07, 6.45) is 2.36. The summed E-state index contributed by atoms with van der Waals surface area (Å²) in [5, 5.41) is 0. The van der Waals surface area contributed by atoms with Gasteiger partial charge < -0.3 is 19.3 Å². The van der Waals surface area contributed by atoms with Gasteiger partial charge in [0.1, 0.15) is 5.75 Å². The minimum Gasteiger partial charge on any atom is -0.497 e. The second-order valence-electron chi connectivity index (χ2n) is 7.43. The van der Waals surface area contributed by atoms with E-state index in [4.69, 9.17) is 9.47 Å². The second-order valence-corrected chi connectivity index (χ2v) is 7.43. The summed E-state index contributed by atoms with van der Waals surface area (Å²) in [4.78, 5) is 17.2. The number of hydrogen-bond acceptors (Lipinski definition) is 4. The van der Waals surface area contributed by atoms with Crippen molar-refractivity contribution < 1.29 is 14.3 Å². The lowest BCUT2D eigenvalue weighted by atomic mass is 9.98. The van der Waals surface area contributed by atoms with Gasteiger partial charge in [-0.25, -0.2) is 0 Å². The molecule has 5 heteroatoms. The first-order chi connectivity index (χ1) is 13.7. The number of piperazine rings is 1. The van der Waals surface area contributed by atoms with E-state index in [-0.39, 0.29) is 12.0 Å². The summed E-state index contributed by atoms with van der Waals surface area (Å²) in [7, 11) is 1.68. The van der Waals surface area contributed by atoms with Gasteiger partial charge in [0.2, 0.25) is 5.91 Å². The molecule has 1 atom stereocenters. The van der Waals surface area contributed by atoms with Gasteiger partial charge >= 0.3 is 0 Å². The van der Waals surface area contributed by atoms with Crippen molar-refractivity contribution in [2.45, 2.75) is 25.4 Å². The highest BCUT2D eigenvalue weighted by molar-refractivity contribution is 5.77. The number of ether oxygens (including phenoxy) is 2. The molecule has 0 aliphatic carbocycles. The summed E-state index contributed by atoms with van der Waals surface area (Å²) < 4.78 is 11.3. The van der Waals surface area contributed by atoms with E-state index in [2.05, 4.69) is 35.2 Å². The van der Waals surface area contributed by atoms with Crippen molar-refractivity contribution in [3.63, 3.8) is 0 Å². The molecule has 0 radical (unpaired) electrons. The van der Waals surface area contributed by atoms with Crippen LogP contribution >= 0.6 is 0 Å². The van der Waals surface area contributed by atoms with Crippen LogP contribution in [0.15, 0.2) is 48.5 Å². The number of nitrogens with zero attached hydrogens (tertiary/aromatic N) is 2. The molecular weight excluding hydrogens is 352 g/mol. The molecular formula is C23H28N2O3. The van der Waals surface area contributed by atoms with Crippen molar-refractivity contribution in [3.05, 3.63) is 59.7 Å². The standard InChI is InChI=1S/C23H28N2O3/c1-27-20-10-8-19(9-11-20)24-12-14-25(15-13-24)23(26)17-22-21-7-3-2-5-18(21)6-4-16-28-22/h2-3,5,7-11,22H,4,6,12-17H2,1H3. The van der Waals surface area contributed by atoms with Gasteiger partial charge in [0.05, 0.1) is 19.6 Å². The highest BCUT2D eigenvalue weighted by Gasteiger charge is 2.27. The number of rotatable bonds is 4. The molecule has 2 aromatic carbocycles. The molecule has 28 heavy (non-hydrogen) atoms. The van der Waals surface area contributed by atoms with Gasteiger partial charge in [-0.2, -0.15) is 0 Å². The van der Waals surface area contributed by atoms with E-state index in [1.54, 1.807) is 7.11 Å². The highest BCUT2D eigenvalue weighted by atomic mass is 16.5. The van der Waals surface area contributed by atoms with Crippen LogP contribution in [0.5, 0.6) is 5.75 Å². The number of benzene rings is 2. The van der Waals surface area contributed by atoms with E-state index < -0.39 is 0 Å². The van der Waals surface area contributed by atoms with Gasteiger partial charge in [-0.15, -0.1) is 0 Å². The summed E-state index contributed by atoms with van der Waals surface area (Å²) in [6, 6.07) is 16.5. The maximum atomic E-state index is 12.9. The molecule has 0 aromatic heterocycles. The van der Waals surface area contributed by atoms with Gasteiger partial charge in [-0.05, 0) is 48.2 Å². The van der Waals surface area contributed by atoms with Crippen LogP contribution in [0.4, 0.5) is 5.69 Å². The number of amides is 1. The summed E-state index contributed by atoms with van der Waals surface area (Å²) in [5.41, 5.74) is 3.68. The Labute approximate surface area is 166 Å². The number of carbonyl (C=O) groups is 1. The largest absolute Gasteiger partial charge is 0.497 e. The molecule has 2 aliphatic rings. The van der Waals surface area contributed by atoms with Gasteiger partial charge in [0.15, 0.2) is 0 Å². The minimum atomic E-state index is -0.120. The molecule has 1 saturated heterocycles. The zero-order valence-corrected chi connectivity index (χ0v) is 16.5. The van der Waals surface area contributed by atoms with Crippen molar-refractivity contribution in [1.82, 2.24) is 4.90 Å². The topological polar surface area (TPSA) is 42.0 Å². The Hall–Kier alpha value is -2.53. The van der Waals surface area contributed by atoms with E-state index in [1.807, 2.05) is 23.1 Å². The predicted octanol–water partition coefficient (Wildman–Crippen LogP) is 3.44. The molecule has 1 amide bonds. The van der Waals surface area contributed by atoms with E-state index in [9.17, 15) is 4.79 Å². The van der Waals surface area contributed by atoms with Crippen LogP contribution in [0, 0.1) is 0 Å². The smallest absolute Gasteiger partial charge is 0.225 e. The van der Waals surface area contributed by atoms with Crippen LogP contribution in [0.2, 0.25) is 0 Å². The molecule has 0 bridgehead atoms. The average Bonchev–Trinajstić information content (AvgIpc) is 2.96. The van der Waals surface area contributed by atoms with Crippen LogP contribution in [0.25, 0.3) is 0 Å². The summed E-state index contributed by atoms with van der Waals surface area (Å²) in [5.74, 6) is 1.05. The van der Waals surface area contributed by atoms with Crippen molar-refractivity contribution in [3.8, 4) is 5.75 Å². The van der Waals surface area contributed by atoms with Crippen LogP contribution in [-0.2, 0) is 16.0 Å². The van der Waals surface area contributed by atoms with Crippen molar-refractivity contribution in [2.24, 2.45) is 0 Å². The number of carbonyl (C=O) groups excluding carboxylic acids is 1. The number of hydrogen-bond donors (Lipinski definition) is 0. The van der Waals surface area contributed by atoms with Crippen molar-refractivity contribution in [1.29, 1.82) is 0 Å². The predicted molar refractivity (Wildman–Crippen MR) is 110 cm³/mol. The molecule has 2 aromatic rings. The first-order valence-corrected chi connectivity index (χ1v) is 10.1. The van der Waals surface area contributed by atoms with Crippen molar-refractivity contribution in [2.75, 3.05) is 44.8 Å². The third-order valence-electron chi connectivity index (χ3n) is 5.74.